The van der Waals surface area contributed by atoms with Crippen LogP contribution in [0.2, 0.25) is 0 Å². The summed E-state index contributed by atoms with van der Waals surface area (Å²) in [4.78, 5) is 30.3. The smallest absolute Gasteiger partial charge is 0.308 e. The molecular weight excluding hydrogens is 210 g/mol. The van der Waals surface area contributed by atoms with Gasteiger partial charge in [0.05, 0.1) is 12.2 Å². The summed E-state index contributed by atoms with van der Waals surface area (Å²) in [7, 11) is 0. The van der Waals surface area contributed by atoms with Gasteiger partial charge in [-0.25, -0.2) is 4.98 Å². The van der Waals surface area contributed by atoms with Crippen LogP contribution in [-0.2, 0) is 4.79 Å². The Labute approximate surface area is 91.9 Å². The molecule has 6 nitrogen and oxygen atoms in total. The number of anilines is 1. The molecule has 0 unspecified atom stereocenters. The lowest BCUT2D eigenvalue weighted by molar-refractivity contribution is -0.141. The van der Waals surface area contributed by atoms with Gasteiger partial charge in [0.2, 0.25) is 0 Å². The molecule has 1 aliphatic rings. The number of carboxylic acids is 1. The second-order valence-corrected chi connectivity index (χ2v) is 3.89. The van der Waals surface area contributed by atoms with Crippen molar-refractivity contribution in [2.75, 3.05) is 18.0 Å². The van der Waals surface area contributed by atoms with Gasteiger partial charge in [0, 0.05) is 19.2 Å². The fourth-order valence-corrected chi connectivity index (χ4v) is 1.92. The molecule has 0 bridgehead atoms. The second-order valence-electron chi connectivity index (χ2n) is 3.89. The topological polar surface area (TPSA) is 86.3 Å². The Balaban J connectivity index is 2.15. The highest BCUT2D eigenvalue weighted by molar-refractivity contribution is 5.71. The van der Waals surface area contributed by atoms with E-state index < -0.39 is 5.97 Å². The lowest BCUT2D eigenvalue weighted by atomic mass is 9.98. The fourth-order valence-electron chi connectivity index (χ4n) is 1.92. The summed E-state index contributed by atoms with van der Waals surface area (Å²) in [6.07, 6.45) is 2.84. The Morgan fingerprint density at radius 1 is 1.62 bits per heavy atom. The number of carbonyl (C=O) groups is 1. The molecule has 16 heavy (non-hydrogen) atoms. The van der Waals surface area contributed by atoms with Crippen LogP contribution in [0.15, 0.2) is 17.2 Å². The van der Waals surface area contributed by atoms with E-state index in [9.17, 15) is 9.59 Å². The zero-order valence-electron chi connectivity index (χ0n) is 8.72. The molecule has 2 N–H and O–H groups in total. The molecule has 1 fully saturated rings. The lowest BCUT2D eigenvalue weighted by Gasteiger charge is -2.31. The zero-order chi connectivity index (χ0) is 11.5. The van der Waals surface area contributed by atoms with E-state index in [-0.39, 0.29) is 11.5 Å². The Morgan fingerprint density at radius 2 is 2.44 bits per heavy atom. The Bertz CT molecular complexity index is 443. The van der Waals surface area contributed by atoms with Crippen LogP contribution in [0.3, 0.4) is 0 Å². The molecule has 0 aromatic carbocycles. The number of aromatic amines is 1. The number of rotatable bonds is 2. The van der Waals surface area contributed by atoms with Crippen LogP contribution in [0.5, 0.6) is 0 Å². The van der Waals surface area contributed by atoms with Gasteiger partial charge in [0.15, 0.2) is 0 Å². The first kappa shape index (κ1) is 10.7. The number of hydrogen-bond donors (Lipinski definition) is 2. The molecule has 0 spiro atoms. The van der Waals surface area contributed by atoms with Gasteiger partial charge in [0.1, 0.15) is 5.82 Å². The second kappa shape index (κ2) is 4.34. The Kier molecular flexibility index (Phi) is 2.89. The first-order chi connectivity index (χ1) is 7.66. The Morgan fingerprint density at radius 3 is 3.12 bits per heavy atom. The number of aromatic nitrogens is 2. The van der Waals surface area contributed by atoms with E-state index >= 15 is 0 Å². The third kappa shape index (κ3) is 2.21. The van der Waals surface area contributed by atoms with Crippen molar-refractivity contribution in [3.63, 3.8) is 0 Å². The highest BCUT2D eigenvalue weighted by atomic mass is 16.4. The maximum Gasteiger partial charge on any atom is 0.308 e. The fraction of sp³-hybridized carbons (Fsp3) is 0.500. The summed E-state index contributed by atoms with van der Waals surface area (Å²) in [5.41, 5.74) is -0.220. The molecule has 2 rings (SSSR count). The van der Waals surface area contributed by atoms with Gasteiger partial charge >= 0.3 is 5.97 Å². The van der Waals surface area contributed by atoms with E-state index in [4.69, 9.17) is 5.11 Å². The van der Waals surface area contributed by atoms with Crippen LogP contribution in [0.1, 0.15) is 12.8 Å². The first-order valence-corrected chi connectivity index (χ1v) is 5.19. The summed E-state index contributed by atoms with van der Waals surface area (Å²) >= 11 is 0. The van der Waals surface area contributed by atoms with Crippen molar-refractivity contribution in [3.05, 3.63) is 22.7 Å². The van der Waals surface area contributed by atoms with Gasteiger partial charge in [-0.1, -0.05) is 0 Å². The van der Waals surface area contributed by atoms with Crippen molar-refractivity contribution in [2.24, 2.45) is 5.92 Å². The number of nitrogens with zero attached hydrogens (tertiary/aromatic N) is 2. The predicted octanol–water partition coefficient (Wildman–Crippen LogP) is 0.0709. The first-order valence-electron chi connectivity index (χ1n) is 5.19. The van der Waals surface area contributed by atoms with Gasteiger partial charge < -0.3 is 15.0 Å². The molecular formula is C10H13N3O3. The molecule has 0 saturated carbocycles. The van der Waals surface area contributed by atoms with E-state index in [1.54, 1.807) is 0 Å². The summed E-state index contributed by atoms with van der Waals surface area (Å²) in [5.74, 6) is -0.598. The number of carboxylic acid groups (broad SMARTS) is 1. The number of piperidine rings is 1. The molecule has 1 aromatic rings. The zero-order valence-corrected chi connectivity index (χ0v) is 8.72. The monoisotopic (exact) mass is 223 g/mol. The largest absolute Gasteiger partial charge is 0.481 e. The molecule has 1 aromatic heterocycles. The van der Waals surface area contributed by atoms with Crippen LogP contribution in [-0.4, -0.2) is 34.1 Å². The molecule has 0 amide bonds. The van der Waals surface area contributed by atoms with E-state index in [2.05, 4.69) is 9.97 Å². The van der Waals surface area contributed by atoms with Crippen molar-refractivity contribution >= 4 is 11.8 Å². The average Bonchev–Trinajstić information content (AvgIpc) is 2.29. The molecule has 1 saturated heterocycles. The van der Waals surface area contributed by atoms with E-state index in [1.807, 2.05) is 4.90 Å². The summed E-state index contributed by atoms with van der Waals surface area (Å²) in [6.45, 7) is 1.17. The van der Waals surface area contributed by atoms with Crippen molar-refractivity contribution in [3.8, 4) is 0 Å². The van der Waals surface area contributed by atoms with Gasteiger partial charge in [-0.2, -0.15) is 0 Å². The predicted molar refractivity (Wildman–Crippen MR) is 57.4 cm³/mol. The molecule has 2 heterocycles. The van der Waals surface area contributed by atoms with E-state index in [0.717, 1.165) is 13.0 Å². The molecule has 1 atom stereocenters. The quantitative estimate of drug-likeness (QED) is 0.741. The number of H-pyrrole nitrogens is 1. The normalized spacial score (nSPS) is 20.8. The van der Waals surface area contributed by atoms with Crippen molar-refractivity contribution in [1.29, 1.82) is 0 Å². The van der Waals surface area contributed by atoms with E-state index in [0.29, 0.717) is 18.8 Å². The van der Waals surface area contributed by atoms with Gasteiger partial charge in [-0.3, -0.25) is 9.59 Å². The minimum Gasteiger partial charge on any atom is -0.481 e. The highest BCUT2D eigenvalue weighted by Gasteiger charge is 2.25. The minimum absolute atomic E-state index is 0.220. The number of hydrogen-bond acceptors (Lipinski definition) is 4. The SMILES string of the molecule is O=C(O)[C@@H]1CCCN(c2cc(=O)[nH]cn2)C1. The maximum absolute atomic E-state index is 11.1. The van der Waals surface area contributed by atoms with Gasteiger partial charge in [0.25, 0.3) is 5.56 Å². The summed E-state index contributed by atoms with van der Waals surface area (Å²) < 4.78 is 0. The highest BCUT2D eigenvalue weighted by Crippen LogP contribution is 2.20. The molecule has 1 aliphatic heterocycles. The van der Waals surface area contributed by atoms with Crippen LogP contribution in [0.4, 0.5) is 5.82 Å². The standard InChI is InChI=1S/C10H13N3O3/c14-9-4-8(11-6-12-9)13-3-1-2-7(5-13)10(15)16/h4,6-7H,1-3,5H2,(H,15,16)(H,11,12,14)/t7-/m1/s1. The van der Waals surface area contributed by atoms with Crippen LogP contribution in [0.25, 0.3) is 0 Å². The number of nitrogens with one attached hydrogen (secondary N) is 1. The van der Waals surface area contributed by atoms with Crippen LogP contribution in [0, 0.1) is 5.92 Å². The van der Waals surface area contributed by atoms with Crippen LogP contribution >= 0.6 is 0 Å². The van der Waals surface area contributed by atoms with Gasteiger partial charge in [-0.05, 0) is 12.8 Å². The molecule has 86 valence electrons. The third-order valence-corrected chi connectivity index (χ3v) is 2.76. The van der Waals surface area contributed by atoms with Crippen LogP contribution < -0.4 is 10.5 Å². The third-order valence-electron chi connectivity index (χ3n) is 2.76. The minimum atomic E-state index is -0.783. The number of aliphatic carboxylic acids is 1. The average molecular weight is 223 g/mol. The molecule has 6 heteroatoms. The van der Waals surface area contributed by atoms with Gasteiger partial charge in [-0.15, -0.1) is 0 Å². The molecule has 0 aliphatic carbocycles. The van der Waals surface area contributed by atoms with Crippen molar-refractivity contribution in [1.82, 2.24) is 9.97 Å². The maximum atomic E-state index is 11.1. The summed E-state index contributed by atoms with van der Waals surface area (Å²) in [5, 5.41) is 8.94. The van der Waals surface area contributed by atoms with Crippen molar-refractivity contribution < 1.29 is 9.90 Å². The Hall–Kier alpha value is -1.85. The summed E-state index contributed by atoms with van der Waals surface area (Å²) in [6, 6.07) is 1.39. The van der Waals surface area contributed by atoms with Crippen molar-refractivity contribution in [2.45, 2.75) is 12.8 Å². The molecule has 0 radical (unpaired) electrons. The lowest BCUT2D eigenvalue weighted by Crippen LogP contribution is -2.39. The van der Waals surface area contributed by atoms with E-state index in [1.165, 1.54) is 12.4 Å².